The number of benzene rings is 4. The molecule has 0 bridgehead atoms. The first kappa shape index (κ1) is 36.9. The van der Waals surface area contributed by atoms with Crippen LogP contribution in [0, 0.1) is 19.8 Å². The normalized spacial score (nSPS) is 16.4. The second-order valence-corrected chi connectivity index (χ2v) is 32.7. The minimum Gasteiger partial charge on any atom is -1.00 e. The molecule has 0 amide bonds. The van der Waals surface area contributed by atoms with Crippen molar-refractivity contribution < 1.29 is 45.2 Å². The Morgan fingerprint density at radius 3 is 1.65 bits per heavy atom. The molecule has 0 heterocycles. The minimum absolute atomic E-state index is 0. The SMILES string of the molecule is CC1=Cc2c(-c3ccc(C(C)(C)C)cc3)cc(C)cc2[CH]1[Zr+2]([CH]1C(C(C)C)=Cc2c(-c3ccccc3)cc(C)cc21)=[Si](C)C.[Cl-].[Cl-]. The van der Waals surface area contributed by atoms with Crippen LogP contribution in [-0.4, -0.2) is 5.43 Å². The summed E-state index contributed by atoms with van der Waals surface area (Å²) in [6, 6.07) is 30.5. The summed E-state index contributed by atoms with van der Waals surface area (Å²) < 4.78 is 1.26. The van der Waals surface area contributed by atoms with Crippen LogP contribution in [0.5, 0.6) is 0 Å². The first-order valence-corrected chi connectivity index (χ1v) is 25.4. The zero-order valence-corrected chi connectivity index (χ0v) is 34.1. The predicted molar refractivity (Wildman–Crippen MR) is 191 cm³/mol. The summed E-state index contributed by atoms with van der Waals surface area (Å²) in [6.07, 6.45) is 5.21. The molecule has 0 N–H and O–H groups in total. The standard InChI is InChI=1S/C21H23.C19H19.C2H6Si.2ClH.Zr/c1-14-10-17-11-15(2)13-20(17)19(12-14)16-6-8-18(9-7-16)21(3,4)5;1-13(2)16-11-17-9-14(3)10-18(19(17)12-16)15-7-5-4-6-8-15;1-3-2;;;/h6-13H,1-5H3;4-13H,1-3H3;1-2H3;2*1H;/q;;;;;+2/p-2. The minimum atomic E-state index is -2.21. The quantitative estimate of drug-likeness (QED) is 0.218. The maximum atomic E-state index is 2.65. The van der Waals surface area contributed by atoms with Gasteiger partial charge in [0.25, 0.3) is 0 Å². The zero-order chi connectivity index (χ0) is 31.5. The van der Waals surface area contributed by atoms with Crippen molar-refractivity contribution in [2.75, 3.05) is 0 Å². The van der Waals surface area contributed by atoms with E-state index in [1.807, 2.05) is 0 Å². The summed E-state index contributed by atoms with van der Waals surface area (Å²) in [6.45, 7) is 24.2. The molecule has 2 aliphatic carbocycles. The van der Waals surface area contributed by atoms with Gasteiger partial charge in [-0.25, -0.2) is 0 Å². The second-order valence-electron chi connectivity index (χ2n) is 14.8. The van der Waals surface area contributed by atoms with Crippen LogP contribution < -0.4 is 24.8 Å². The topological polar surface area (TPSA) is 0 Å². The third kappa shape index (κ3) is 6.80. The molecule has 4 aromatic carbocycles. The van der Waals surface area contributed by atoms with Gasteiger partial charge in [-0.15, -0.1) is 0 Å². The monoisotopic (exact) mass is 740 g/mol. The van der Waals surface area contributed by atoms with E-state index in [0.717, 1.165) is 0 Å². The van der Waals surface area contributed by atoms with Gasteiger partial charge in [-0.3, -0.25) is 0 Å². The predicted octanol–water partition coefficient (Wildman–Crippen LogP) is 6.06. The molecule has 4 aromatic rings. The Balaban J connectivity index is 0.00000240. The summed E-state index contributed by atoms with van der Waals surface area (Å²) in [5.74, 6) is 0.549. The van der Waals surface area contributed by atoms with Gasteiger partial charge in [-0.2, -0.15) is 0 Å². The maximum absolute atomic E-state index is 2.65. The van der Waals surface area contributed by atoms with Crippen molar-refractivity contribution in [2.24, 2.45) is 5.92 Å². The van der Waals surface area contributed by atoms with Crippen molar-refractivity contribution in [2.45, 2.75) is 81.2 Å². The molecule has 238 valence electrons. The molecule has 0 aliphatic heterocycles. The molecular formula is C42H48Cl2SiZr. The van der Waals surface area contributed by atoms with Gasteiger partial charge >= 0.3 is 276 Å². The fourth-order valence-corrected chi connectivity index (χ4v) is 28.5. The van der Waals surface area contributed by atoms with E-state index >= 15 is 0 Å². The molecule has 46 heavy (non-hydrogen) atoms. The van der Waals surface area contributed by atoms with Crippen LogP contribution in [0.25, 0.3) is 34.4 Å². The maximum Gasteiger partial charge on any atom is -1.00 e. The van der Waals surface area contributed by atoms with Crippen LogP contribution >= 0.6 is 0 Å². The summed E-state index contributed by atoms with van der Waals surface area (Å²) in [7, 11) is 0. The average molecular weight is 743 g/mol. The number of hydrogen-bond acceptors (Lipinski definition) is 0. The van der Waals surface area contributed by atoms with E-state index < -0.39 is 25.8 Å². The molecule has 0 spiro atoms. The molecule has 0 radical (unpaired) electrons. The van der Waals surface area contributed by atoms with Crippen molar-refractivity contribution in [3.05, 3.63) is 129 Å². The number of rotatable bonds is 5. The zero-order valence-electron chi connectivity index (χ0n) is 29.1. The Hall–Kier alpha value is -1.96. The number of hydrogen-bond donors (Lipinski definition) is 0. The Morgan fingerprint density at radius 2 is 1.15 bits per heavy atom. The molecule has 4 heteroatoms. The van der Waals surface area contributed by atoms with Gasteiger partial charge in [-0.1, -0.05) is 0 Å². The molecule has 0 fully saturated rings. The van der Waals surface area contributed by atoms with Crippen LogP contribution in [0.15, 0.2) is 90.0 Å². The average Bonchev–Trinajstić information content (AvgIpc) is 3.50. The molecular weight excluding hydrogens is 695 g/mol. The van der Waals surface area contributed by atoms with E-state index in [4.69, 9.17) is 0 Å². The molecule has 0 aromatic heterocycles. The summed E-state index contributed by atoms with van der Waals surface area (Å²) in [5, 5.41) is 0. The van der Waals surface area contributed by atoms with Crippen molar-refractivity contribution in [3.63, 3.8) is 0 Å². The molecule has 2 atom stereocenters. The Kier molecular flexibility index (Phi) is 11.4. The van der Waals surface area contributed by atoms with Gasteiger partial charge < -0.3 is 24.8 Å². The number of allylic oxidation sites excluding steroid dienone is 2. The van der Waals surface area contributed by atoms with Crippen LogP contribution in [0.2, 0.25) is 13.1 Å². The third-order valence-corrected chi connectivity index (χ3v) is 29.4. The Labute approximate surface area is 298 Å². The Bertz CT molecular complexity index is 1850. The van der Waals surface area contributed by atoms with Gasteiger partial charge in [0.1, 0.15) is 0 Å². The van der Waals surface area contributed by atoms with Gasteiger partial charge in [0.2, 0.25) is 0 Å². The fraction of sp³-hybridized carbons (Fsp3) is 0.333. The van der Waals surface area contributed by atoms with Gasteiger partial charge in [0, 0.05) is 0 Å². The van der Waals surface area contributed by atoms with Crippen LogP contribution in [0.3, 0.4) is 0 Å². The molecule has 0 saturated carbocycles. The van der Waals surface area contributed by atoms with Gasteiger partial charge in [-0.05, 0) is 0 Å². The molecule has 0 saturated heterocycles. The molecule has 0 nitrogen and oxygen atoms in total. The third-order valence-electron chi connectivity index (χ3n) is 9.82. The largest absolute Gasteiger partial charge is 1.00 e. The first-order chi connectivity index (χ1) is 20.8. The fourth-order valence-electron chi connectivity index (χ4n) is 7.69. The second kappa shape index (κ2) is 14.3. The van der Waals surface area contributed by atoms with E-state index in [1.54, 1.807) is 22.3 Å². The van der Waals surface area contributed by atoms with E-state index in [2.05, 4.69) is 159 Å². The van der Waals surface area contributed by atoms with Crippen molar-refractivity contribution in [1.29, 1.82) is 0 Å². The van der Waals surface area contributed by atoms with Crippen LogP contribution in [-0.2, 0) is 25.8 Å². The van der Waals surface area contributed by atoms with E-state index in [9.17, 15) is 0 Å². The molecule has 2 aliphatic rings. The summed E-state index contributed by atoms with van der Waals surface area (Å²) in [4.78, 5) is 0. The summed E-state index contributed by atoms with van der Waals surface area (Å²) >= 11 is -2.21. The number of halogens is 2. The first-order valence-electron chi connectivity index (χ1n) is 16.4. The van der Waals surface area contributed by atoms with Crippen LogP contribution in [0.4, 0.5) is 0 Å². The molecule has 2 unspecified atom stereocenters. The van der Waals surface area contributed by atoms with Gasteiger partial charge in [0.05, 0.1) is 0 Å². The van der Waals surface area contributed by atoms with E-state index in [1.165, 1.54) is 50.1 Å². The summed E-state index contributed by atoms with van der Waals surface area (Å²) in [5.41, 5.74) is 18.9. The van der Waals surface area contributed by atoms with Crippen molar-refractivity contribution in [3.8, 4) is 22.3 Å². The smallest absolute Gasteiger partial charge is 1.00 e. The van der Waals surface area contributed by atoms with E-state index in [0.29, 0.717) is 13.2 Å². The molecule has 6 rings (SSSR count). The Morgan fingerprint density at radius 1 is 0.652 bits per heavy atom. The van der Waals surface area contributed by atoms with Crippen molar-refractivity contribution in [1.82, 2.24) is 0 Å². The number of fused-ring (bicyclic) bond motifs is 2. The van der Waals surface area contributed by atoms with Crippen LogP contribution in [0.1, 0.15) is 87.7 Å². The van der Waals surface area contributed by atoms with E-state index in [-0.39, 0.29) is 30.2 Å². The van der Waals surface area contributed by atoms with Crippen molar-refractivity contribution >= 4 is 17.6 Å². The van der Waals surface area contributed by atoms with Gasteiger partial charge in [0.15, 0.2) is 0 Å². The number of aryl methyl sites for hydroxylation is 2.